The molecule has 0 unspecified atom stereocenters. The van der Waals surface area contributed by atoms with Gasteiger partial charge in [0, 0.05) is 5.02 Å². The van der Waals surface area contributed by atoms with Crippen LogP contribution in [0.3, 0.4) is 0 Å². The Labute approximate surface area is 111 Å². The van der Waals surface area contributed by atoms with Gasteiger partial charge in [0.2, 0.25) is 0 Å². The van der Waals surface area contributed by atoms with E-state index in [-0.39, 0.29) is 17.4 Å². The number of carbonyl (C=O) groups excluding carboxylic acids is 1. The van der Waals surface area contributed by atoms with Crippen LogP contribution < -0.4 is 11.1 Å². The predicted octanol–water partition coefficient (Wildman–Crippen LogP) is 2.04. The van der Waals surface area contributed by atoms with E-state index in [4.69, 9.17) is 21.8 Å². The van der Waals surface area contributed by atoms with Crippen LogP contribution in [0.4, 0.5) is 11.7 Å². The zero-order valence-electron chi connectivity index (χ0n) is 9.48. The monoisotopic (exact) mass is 277 g/mol. The van der Waals surface area contributed by atoms with Crippen LogP contribution in [0, 0.1) is 0 Å². The molecule has 7 nitrogen and oxygen atoms in total. The number of anilines is 2. The van der Waals surface area contributed by atoms with E-state index in [0.717, 1.165) is 0 Å². The van der Waals surface area contributed by atoms with E-state index in [2.05, 4.69) is 20.5 Å². The molecule has 2 aromatic heterocycles. The van der Waals surface area contributed by atoms with Crippen LogP contribution in [0.25, 0.3) is 11.1 Å². The molecule has 19 heavy (non-hydrogen) atoms. The van der Waals surface area contributed by atoms with Crippen LogP contribution in [0.5, 0.6) is 0 Å². The number of oxazole rings is 1. The highest BCUT2D eigenvalue weighted by molar-refractivity contribution is 6.31. The third-order valence-electron chi connectivity index (χ3n) is 2.47. The fourth-order valence-corrected chi connectivity index (χ4v) is 1.76. The topological polar surface area (TPSA) is 110 Å². The maximum absolute atomic E-state index is 11.9. The van der Waals surface area contributed by atoms with E-state index in [0.29, 0.717) is 16.1 Å². The normalized spacial score (nSPS) is 10.8. The number of H-pyrrole nitrogens is 1. The Hall–Kier alpha value is -2.54. The summed E-state index contributed by atoms with van der Waals surface area (Å²) in [5.74, 6) is -0.479. The lowest BCUT2D eigenvalue weighted by Gasteiger charge is -1.98. The van der Waals surface area contributed by atoms with Crippen molar-refractivity contribution in [1.29, 1.82) is 0 Å². The molecule has 0 radical (unpaired) electrons. The summed E-state index contributed by atoms with van der Waals surface area (Å²) in [5, 5.41) is 9.17. The summed E-state index contributed by atoms with van der Waals surface area (Å²) >= 11 is 5.84. The molecule has 1 amide bonds. The Morgan fingerprint density at radius 1 is 1.47 bits per heavy atom. The standard InChI is InChI=1S/C11H8ClN5O2/c12-5-1-2-8-7(3-5)15-11(19-8)16-10(18)9-6(13)4-14-17-9/h1-4H,13H2,(H,14,17)(H,15,16,18). The minimum atomic E-state index is -0.479. The highest BCUT2D eigenvalue weighted by atomic mass is 35.5. The van der Waals surface area contributed by atoms with Gasteiger partial charge in [-0.15, -0.1) is 0 Å². The van der Waals surface area contributed by atoms with Gasteiger partial charge in [-0.25, -0.2) is 0 Å². The largest absolute Gasteiger partial charge is 0.423 e. The summed E-state index contributed by atoms with van der Waals surface area (Å²) in [7, 11) is 0. The minimum absolute atomic E-state index is 0.0660. The maximum atomic E-state index is 11.9. The number of nitrogen functional groups attached to an aromatic ring is 1. The average Bonchev–Trinajstić information content (AvgIpc) is 2.94. The molecule has 96 valence electrons. The first kappa shape index (κ1) is 11.5. The first-order valence-electron chi connectivity index (χ1n) is 5.30. The molecule has 0 fully saturated rings. The van der Waals surface area contributed by atoms with Gasteiger partial charge >= 0.3 is 6.01 Å². The first-order chi connectivity index (χ1) is 9.13. The number of hydrogen-bond donors (Lipinski definition) is 3. The third kappa shape index (κ3) is 2.11. The summed E-state index contributed by atoms with van der Waals surface area (Å²) < 4.78 is 5.35. The van der Waals surface area contributed by atoms with Crippen molar-refractivity contribution in [3.63, 3.8) is 0 Å². The Balaban J connectivity index is 1.89. The number of aromatic nitrogens is 3. The minimum Gasteiger partial charge on any atom is -0.423 e. The Morgan fingerprint density at radius 3 is 3.05 bits per heavy atom. The summed E-state index contributed by atoms with van der Waals surface area (Å²) in [6, 6.07) is 5.05. The molecule has 0 saturated heterocycles. The quantitative estimate of drug-likeness (QED) is 0.664. The van der Waals surface area contributed by atoms with Crippen LogP contribution >= 0.6 is 11.6 Å². The third-order valence-corrected chi connectivity index (χ3v) is 2.70. The molecule has 0 saturated carbocycles. The SMILES string of the molecule is Nc1cn[nH]c1C(=O)Nc1nc2cc(Cl)ccc2o1. The number of aromatic amines is 1. The predicted molar refractivity (Wildman–Crippen MR) is 70.0 cm³/mol. The fourth-order valence-electron chi connectivity index (χ4n) is 1.59. The van der Waals surface area contributed by atoms with Crippen molar-refractivity contribution in [1.82, 2.24) is 15.2 Å². The second kappa shape index (κ2) is 4.29. The van der Waals surface area contributed by atoms with Crippen LogP contribution in [0.1, 0.15) is 10.5 Å². The van der Waals surface area contributed by atoms with Gasteiger partial charge in [-0.05, 0) is 18.2 Å². The molecule has 1 aromatic carbocycles. The van der Waals surface area contributed by atoms with Crippen LogP contribution in [0.2, 0.25) is 5.02 Å². The summed E-state index contributed by atoms with van der Waals surface area (Å²) in [5.41, 5.74) is 7.05. The van der Waals surface area contributed by atoms with Crippen molar-refractivity contribution in [3.8, 4) is 0 Å². The lowest BCUT2D eigenvalue weighted by Crippen LogP contribution is -2.14. The van der Waals surface area contributed by atoms with Gasteiger partial charge in [0.05, 0.1) is 11.9 Å². The molecule has 0 bridgehead atoms. The van der Waals surface area contributed by atoms with Gasteiger partial charge in [0.1, 0.15) is 11.2 Å². The molecule has 3 rings (SSSR count). The molecule has 0 aliphatic heterocycles. The molecule has 2 heterocycles. The van der Waals surface area contributed by atoms with Crippen molar-refractivity contribution in [2.24, 2.45) is 0 Å². The number of fused-ring (bicyclic) bond motifs is 1. The molecule has 0 spiro atoms. The second-order valence-electron chi connectivity index (χ2n) is 3.79. The highest BCUT2D eigenvalue weighted by Crippen LogP contribution is 2.22. The summed E-state index contributed by atoms with van der Waals surface area (Å²) in [6.45, 7) is 0. The van der Waals surface area contributed by atoms with Gasteiger partial charge in [-0.2, -0.15) is 10.1 Å². The molecule has 0 aliphatic carbocycles. The van der Waals surface area contributed by atoms with Crippen LogP contribution in [-0.4, -0.2) is 21.1 Å². The summed E-state index contributed by atoms with van der Waals surface area (Å²) in [4.78, 5) is 15.9. The molecule has 3 aromatic rings. The molecular weight excluding hydrogens is 270 g/mol. The van der Waals surface area contributed by atoms with E-state index >= 15 is 0 Å². The number of carbonyl (C=O) groups is 1. The fraction of sp³-hybridized carbons (Fsp3) is 0. The number of nitrogens with zero attached hydrogens (tertiary/aromatic N) is 2. The van der Waals surface area contributed by atoms with Crippen molar-refractivity contribution in [3.05, 3.63) is 35.1 Å². The van der Waals surface area contributed by atoms with Gasteiger partial charge < -0.3 is 10.2 Å². The van der Waals surface area contributed by atoms with E-state index in [9.17, 15) is 4.79 Å². The zero-order valence-corrected chi connectivity index (χ0v) is 10.2. The molecule has 8 heteroatoms. The van der Waals surface area contributed by atoms with Crippen LogP contribution in [0.15, 0.2) is 28.8 Å². The van der Waals surface area contributed by atoms with Gasteiger partial charge in [-0.1, -0.05) is 11.6 Å². The van der Waals surface area contributed by atoms with Gasteiger partial charge in [0.25, 0.3) is 5.91 Å². The number of benzene rings is 1. The number of hydrogen-bond acceptors (Lipinski definition) is 5. The van der Waals surface area contributed by atoms with E-state index < -0.39 is 5.91 Å². The summed E-state index contributed by atoms with van der Waals surface area (Å²) in [6.07, 6.45) is 1.35. The van der Waals surface area contributed by atoms with Crippen molar-refractivity contribution in [2.75, 3.05) is 11.1 Å². The molecule has 0 atom stereocenters. The second-order valence-corrected chi connectivity index (χ2v) is 4.22. The molecule has 0 aliphatic rings. The smallest absolute Gasteiger partial charge is 0.302 e. The Kier molecular flexibility index (Phi) is 2.60. The number of amides is 1. The van der Waals surface area contributed by atoms with E-state index in [1.54, 1.807) is 18.2 Å². The van der Waals surface area contributed by atoms with Crippen LogP contribution in [-0.2, 0) is 0 Å². The number of halogens is 1. The van der Waals surface area contributed by atoms with Crippen molar-refractivity contribution < 1.29 is 9.21 Å². The number of nitrogens with one attached hydrogen (secondary N) is 2. The zero-order chi connectivity index (χ0) is 13.4. The van der Waals surface area contributed by atoms with E-state index in [1.165, 1.54) is 6.20 Å². The Morgan fingerprint density at radius 2 is 2.32 bits per heavy atom. The number of rotatable bonds is 2. The lowest BCUT2D eigenvalue weighted by molar-refractivity contribution is 0.102. The number of nitrogens with two attached hydrogens (primary N) is 1. The lowest BCUT2D eigenvalue weighted by atomic mass is 10.3. The maximum Gasteiger partial charge on any atom is 0.302 e. The molecular formula is C11H8ClN5O2. The van der Waals surface area contributed by atoms with Gasteiger partial charge in [-0.3, -0.25) is 15.2 Å². The first-order valence-corrected chi connectivity index (χ1v) is 5.67. The molecule has 4 N–H and O–H groups in total. The Bertz CT molecular complexity index is 763. The van der Waals surface area contributed by atoms with Crippen molar-refractivity contribution in [2.45, 2.75) is 0 Å². The highest BCUT2D eigenvalue weighted by Gasteiger charge is 2.15. The van der Waals surface area contributed by atoms with Crippen molar-refractivity contribution >= 4 is 40.3 Å². The van der Waals surface area contributed by atoms with E-state index in [1.807, 2.05) is 0 Å². The van der Waals surface area contributed by atoms with Gasteiger partial charge in [0.15, 0.2) is 5.58 Å². The average molecular weight is 278 g/mol.